The Morgan fingerprint density at radius 2 is 1.67 bits per heavy atom. The van der Waals surface area contributed by atoms with Gasteiger partial charge in [-0.2, -0.15) is 26.3 Å². The number of piperidine rings is 1. The van der Waals surface area contributed by atoms with Crippen LogP contribution in [0.5, 0.6) is 0 Å². The summed E-state index contributed by atoms with van der Waals surface area (Å²) in [5.41, 5.74) is 10.5. The van der Waals surface area contributed by atoms with E-state index in [1.54, 1.807) is 4.90 Å². The summed E-state index contributed by atoms with van der Waals surface area (Å²) >= 11 is 0. The van der Waals surface area contributed by atoms with Gasteiger partial charge in [-0.05, 0) is 12.8 Å². The van der Waals surface area contributed by atoms with Crippen molar-refractivity contribution in [3.05, 3.63) is 11.6 Å². The molecule has 0 radical (unpaired) electrons. The summed E-state index contributed by atoms with van der Waals surface area (Å²) in [6, 6.07) is -0.166. The fourth-order valence-electron chi connectivity index (χ4n) is 2.07. The van der Waals surface area contributed by atoms with Crippen LogP contribution in [0.25, 0.3) is 0 Å². The van der Waals surface area contributed by atoms with Crippen LogP contribution in [0.3, 0.4) is 0 Å². The summed E-state index contributed by atoms with van der Waals surface area (Å²) in [6.07, 6.45) is -7.37. The number of likely N-dealkylation sites (tertiary alicyclic amines) is 1. The third kappa shape index (κ3) is 8.85. The number of aliphatic imine (C=N–C) groups is 1. The molecule has 0 spiro atoms. The van der Waals surface area contributed by atoms with Gasteiger partial charge in [0.05, 0.1) is 12.5 Å². The lowest BCUT2D eigenvalue weighted by Gasteiger charge is -2.30. The van der Waals surface area contributed by atoms with Gasteiger partial charge >= 0.3 is 12.4 Å². The first-order valence-corrected chi connectivity index (χ1v) is 7.23. The molecule has 1 rings (SSSR count). The van der Waals surface area contributed by atoms with Gasteiger partial charge in [-0.15, -0.1) is 0 Å². The van der Waals surface area contributed by atoms with Crippen LogP contribution in [0.1, 0.15) is 19.3 Å². The molecule has 0 aromatic carbocycles. The normalized spacial score (nSPS) is 19.6. The quantitative estimate of drug-likeness (QED) is 0.431. The molecule has 24 heavy (non-hydrogen) atoms. The summed E-state index contributed by atoms with van der Waals surface area (Å²) in [7, 11) is 0. The molecule has 1 fully saturated rings. The maximum absolute atomic E-state index is 12.1. The molecule has 0 aliphatic carbocycles. The van der Waals surface area contributed by atoms with Crippen molar-refractivity contribution in [2.24, 2.45) is 16.5 Å². The zero-order valence-electron chi connectivity index (χ0n) is 12.8. The average Bonchev–Trinajstić information content (AvgIpc) is 2.47. The molecule has 0 aromatic rings. The van der Waals surface area contributed by atoms with E-state index in [0.717, 1.165) is 6.21 Å². The number of hydrogen-bond donors (Lipinski definition) is 2. The molecule has 1 heterocycles. The van der Waals surface area contributed by atoms with E-state index in [1.807, 2.05) is 0 Å². The standard InChI is InChI=1S/C13H20F6N4O/c14-12(15,16)3-6-23-4-1-9(2-5-23)22-7-10(20)11(21)24-8-13(17,18)19/h7,9H,1-6,8,20-21H2/b11-10-,22-7?. The van der Waals surface area contributed by atoms with Gasteiger partial charge in [0.25, 0.3) is 0 Å². The van der Waals surface area contributed by atoms with E-state index in [1.165, 1.54) is 0 Å². The second-order valence-corrected chi connectivity index (χ2v) is 5.44. The van der Waals surface area contributed by atoms with Crippen LogP contribution in [-0.2, 0) is 4.74 Å². The number of ether oxygens (including phenoxy) is 1. The van der Waals surface area contributed by atoms with E-state index in [-0.39, 0.29) is 18.3 Å². The first-order chi connectivity index (χ1) is 11.0. The number of allylic oxidation sites excluding steroid dienone is 1. The first-order valence-electron chi connectivity index (χ1n) is 7.23. The molecular formula is C13H20F6N4O. The Hall–Kier alpha value is -1.65. The van der Waals surface area contributed by atoms with E-state index in [0.29, 0.717) is 25.9 Å². The Balaban J connectivity index is 2.38. The van der Waals surface area contributed by atoms with Crippen molar-refractivity contribution in [2.75, 3.05) is 26.2 Å². The first kappa shape index (κ1) is 20.4. The van der Waals surface area contributed by atoms with E-state index >= 15 is 0 Å². The minimum absolute atomic E-state index is 0.0554. The molecule has 0 amide bonds. The van der Waals surface area contributed by atoms with Gasteiger partial charge in [-0.25, -0.2) is 0 Å². The number of hydrogen-bond acceptors (Lipinski definition) is 5. The molecular weight excluding hydrogens is 342 g/mol. The molecule has 11 heteroatoms. The molecule has 140 valence electrons. The van der Waals surface area contributed by atoms with Gasteiger partial charge in [0.2, 0.25) is 5.88 Å². The minimum Gasteiger partial charge on any atom is -0.468 e. The Bertz CT molecular complexity index is 452. The van der Waals surface area contributed by atoms with E-state index in [9.17, 15) is 26.3 Å². The number of alkyl halides is 6. The molecule has 0 atom stereocenters. The molecule has 1 aliphatic heterocycles. The van der Waals surface area contributed by atoms with Crippen molar-refractivity contribution in [1.29, 1.82) is 0 Å². The van der Waals surface area contributed by atoms with Crippen LogP contribution in [0.2, 0.25) is 0 Å². The van der Waals surface area contributed by atoms with Gasteiger partial charge in [0.1, 0.15) is 5.70 Å². The molecule has 4 N–H and O–H groups in total. The lowest BCUT2D eigenvalue weighted by atomic mass is 10.1. The van der Waals surface area contributed by atoms with Crippen LogP contribution in [0.4, 0.5) is 26.3 Å². The molecule has 0 bridgehead atoms. The summed E-state index contributed by atoms with van der Waals surface area (Å²) in [5, 5.41) is 0. The average molecular weight is 362 g/mol. The van der Waals surface area contributed by atoms with Crippen molar-refractivity contribution >= 4 is 6.21 Å². The Kier molecular flexibility index (Phi) is 7.18. The van der Waals surface area contributed by atoms with Crippen molar-refractivity contribution in [3.8, 4) is 0 Å². The Morgan fingerprint density at radius 1 is 1.08 bits per heavy atom. The molecule has 0 unspecified atom stereocenters. The Morgan fingerprint density at radius 3 is 2.17 bits per heavy atom. The van der Waals surface area contributed by atoms with Gasteiger partial charge in [0.15, 0.2) is 6.61 Å². The third-order valence-corrected chi connectivity index (χ3v) is 3.37. The predicted octanol–water partition coefficient (Wildman–Crippen LogP) is 2.14. The topological polar surface area (TPSA) is 76.9 Å². The Labute approximate surface area is 135 Å². The third-order valence-electron chi connectivity index (χ3n) is 3.37. The van der Waals surface area contributed by atoms with Crippen LogP contribution in [0, 0.1) is 0 Å². The summed E-state index contributed by atoms with van der Waals surface area (Å²) in [5.74, 6) is -0.571. The highest BCUT2D eigenvalue weighted by atomic mass is 19.4. The fraction of sp³-hybridized carbons (Fsp3) is 0.769. The summed E-state index contributed by atoms with van der Waals surface area (Å²) < 4.78 is 76.7. The van der Waals surface area contributed by atoms with Gasteiger partial charge in [0, 0.05) is 25.8 Å². The zero-order valence-corrected chi connectivity index (χ0v) is 12.8. The zero-order chi connectivity index (χ0) is 18.4. The maximum Gasteiger partial charge on any atom is 0.422 e. The van der Waals surface area contributed by atoms with E-state index in [2.05, 4.69) is 9.73 Å². The molecule has 1 aliphatic rings. The molecule has 0 saturated carbocycles. The highest BCUT2D eigenvalue weighted by molar-refractivity contribution is 5.77. The monoisotopic (exact) mass is 362 g/mol. The van der Waals surface area contributed by atoms with Crippen LogP contribution in [-0.4, -0.2) is 55.8 Å². The van der Waals surface area contributed by atoms with E-state index in [4.69, 9.17) is 11.5 Å². The van der Waals surface area contributed by atoms with Gasteiger partial charge < -0.3 is 21.1 Å². The second-order valence-electron chi connectivity index (χ2n) is 5.44. The molecule has 5 nitrogen and oxygen atoms in total. The summed E-state index contributed by atoms with van der Waals surface area (Å²) in [4.78, 5) is 5.79. The highest BCUT2D eigenvalue weighted by Crippen LogP contribution is 2.21. The lowest BCUT2D eigenvalue weighted by Crippen LogP contribution is -2.37. The smallest absolute Gasteiger partial charge is 0.422 e. The van der Waals surface area contributed by atoms with Crippen LogP contribution >= 0.6 is 0 Å². The van der Waals surface area contributed by atoms with Gasteiger partial charge in [-0.1, -0.05) is 0 Å². The maximum atomic E-state index is 12.1. The van der Waals surface area contributed by atoms with Crippen molar-refractivity contribution in [1.82, 2.24) is 4.90 Å². The summed E-state index contributed by atoms with van der Waals surface area (Å²) in [6.45, 7) is -0.686. The predicted molar refractivity (Wildman–Crippen MR) is 76.0 cm³/mol. The molecule has 0 aromatic heterocycles. The van der Waals surface area contributed by atoms with E-state index < -0.39 is 31.3 Å². The number of nitrogens with two attached hydrogens (primary N) is 2. The number of rotatable bonds is 6. The van der Waals surface area contributed by atoms with Crippen molar-refractivity contribution < 1.29 is 31.1 Å². The number of halogens is 6. The largest absolute Gasteiger partial charge is 0.468 e. The van der Waals surface area contributed by atoms with Crippen LogP contribution in [0.15, 0.2) is 16.6 Å². The van der Waals surface area contributed by atoms with Crippen molar-refractivity contribution in [2.45, 2.75) is 37.7 Å². The SMILES string of the molecule is N/C(C=NC1CCN(CCC(F)(F)F)CC1)=C(/N)OCC(F)(F)F. The molecule has 1 saturated heterocycles. The highest BCUT2D eigenvalue weighted by Gasteiger charge is 2.29. The van der Waals surface area contributed by atoms with Crippen molar-refractivity contribution in [3.63, 3.8) is 0 Å². The minimum atomic E-state index is -4.52. The second kappa shape index (κ2) is 8.45. The fourth-order valence-corrected chi connectivity index (χ4v) is 2.07. The van der Waals surface area contributed by atoms with Crippen LogP contribution < -0.4 is 11.5 Å². The number of nitrogens with zero attached hydrogens (tertiary/aromatic N) is 2. The van der Waals surface area contributed by atoms with Gasteiger partial charge in [-0.3, -0.25) is 4.99 Å². The lowest BCUT2D eigenvalue weighted by molar-refractivity contribution is -0.165.